The fourth-order valence-electron chi connectivity index (χ4n) is 3.94. The van der Waals surface area contributed by atoms with Crippen LogP contribution in [-0.4, -0.2) is 15.2 Å². The summed E-state index contributed by atoms with van der Waals surface area (Å²) in [5.41, 5.74) is 0. The van der Waals surface area contributed by atoms with E-state index in [-0.39, 0.29) is 0 Å². The number of benzene rings is 4. The molecule has 4 aromatic carbocycles. The Balaban J connectivity index is 1.88. The zero-order valence-electron chi connectivity index (χ0n) is 17.7. The van der Waals surface area contributed by atoms with Crippen molar-refractivity contribution in [2.45, 2.75) is 13.1 Å². The summed E-state index contributed by atoms with van der Waals surface area (Å²) in [7, 11) is -0.802. The molecule has 0 bridgehead atoms. The van der Waals surface area contributed by atoms with Crippen LogP contribution in [0.25, 0.3) is 0 Å². The molecule has 0 aliphatic heterocycles. The van der Waals surface area contributed by atoms with Crippen molar-refractivity contribution in [3.63, 3.8) is 0 Å². The van der Waals surface area contributed by atoms with E-state index in [0.29, 0.717) is 0 Å². The average Bonchev–Trinajstić information content (AvgIpc) is 2.81. The molecule has 0 radical (unpaired) electrons. The van der Waals surface area contributed by atoms with Crippen LogP contribution in [0, 0.1) is 0 Å². The van der Waals surface area contributed by atoms with Crippen molar-refractivity contribution in [1.29, 1.82) is 0 Å². The molecule has 0 N–H and O–H groups in total. The summed E-state index contributed by atoms with van der Waals surface area (Å²) in [6.45, 7) is 4.91. The van der Waals surface area contributed by atoms with Gasteiger partial charge in [0.05, 0.1) is 7.11 Å². The minimum Gasteiger partial charge on any atom is -0.497 e. The highest BCUT2D eigenvalue weighted by Gasteiger charge is 2.31. The Morgan fingerprint density at radius 1 is 0.600 bits per heavy atom. The first-order valence-corrected chi connectivity index (χ1v) is 14.6. The normalized spacial score (nSPS) is 11.5. The van der Waals surface area contributed by atoms with Crippen LogP contribution >= 0.6 is 7.92 Å². The van der Waals surface area contributed by atoms with E-state index < -0.39 is 16.0 Å². The quantitative estimate of drug-likeness (QED) is 0.330. The topological polar surface area (TPSA) is 9.23 Å². The van der Waals surface area contributed by atoms with Crippen LogP contribution in [0.1, 0.15) is 0 Å². The van der Waals surface area contributed by atoms with Gasteiger partial charge in [-0.1, -0.05) is 115 Å². The Kier molecular flexibility index (Phi) is 6.18. The first-order chi connectivity index (χ1) is 14.6. The minimum absolute atomic E-state index is 0.621. The Hall–Kier alpha value is -2.67. The molecule has 1 nitrogen and oxygen atoms in total. The lowest BCUT2D eigenvalue weighted by Gasteiger charge is -2.30. The summed E-state index contributed by atoms with van der Waals surface area (Å²) in [4.78, 5) is 0. The van der Waals surface area contributed by atoms with E-state index in [1.165, 1.54) is 26.3 Å². The molecule has 0 amide bonds. The van der Waals surface area contributed by atoms with Crippen molar-refractivity contribution < 1.29 is 4.74 Å². The maximum atomic E-state index is 5.38. The van der Waals surface area contributed by atoms with E-state index >= 15 is 0 Å². The fraction of sp³-hybridized carbons (Fsp3) is 0.111. The van der Waals surface area contributed by atoms with E-state index in [2.05, 4.69) is 122 Å². The highest BCUT2D eigenvalue weighted by atomic mass is 31.1. The Bertz CT molecular complexity index is 1050. The van der Waals surface area contributed by atoms with Gasteiger partial charge in [0.2, 0.25) is 0 Å². The zero-order valence-corrected chi connectivity index (χ0v) is 19.6. The zero-order chi connectivity index (χ0) is 21.0. The van der Waals surface area contributed by atoms with Gasteiger partial charge in [-0.25, -0.2) is 0 Å². The smallest absolute Gasteiger partial charge is 0.118 e. The summed E-state index contributed by atoms with van der Waals surface area (Å²) < 4.78 is 5.38. The van der Waals surface area contributed by atoms with Crippen LogP contribution in [0.2, 0.25) is 13.1 Å². The number of hydrogen-bond donors (Lipinski definition) is 0. The second-order valence-corrected chi connectivity index (χ2v) is 14.4. The predicted molar refractivity (Wildman–Crippen MR) is 135 cm³/mol. The van der Waals surface area contributed by atoms with Crippen LogP contribution < -0.4 is 31.0 Å². The summed E-state index contributed by atoms with van der Waals surface area (Å²) in [5, 5.41) is 7.19. The van der Waals surface area contributed by atoms with E-state index in [9.17, 15) is 0 Å². The molecule has 0 aliphatic carbocycles. The van der Waals surface area contributed by atoms with E-state index in [4.69, 9.17) is 4.74 Å². The molecule has 4 aromatic rings. The number of rotatable bonds is 6. The van der Waals surface area contributed by atoms with Crippen molar-refractivity contribution >= 4 is 42.3 Å². The highest BCUT2D eigenvalue weighted by Crippen LogP contribution is 2.32. The molecule has 0 heterocycles. The van der Waals surface area contributed by atoms with Gasteiger partial charge in [0.15, 0.2) is 0 Å². The van der Waals surface area contributed by atoms with Gasteiger partial charge < -0.3 is 4.74 Å². The predicted octanol–water partition coefficient (Wildman–Crippen LogP) is 4.28. The van der Waals surface area contributed by atoms with Crippen molar-refractivity contribution in [2.24, 2.45) is 0 Å². The molecule has 4 rings (SSSR count). The third kappa shape index (κ3) is 4.12. The Labute approximate surface area is 182 Å². The summed E-state index contributed by atoms with van der Waals surface area (Å²) in [5.74, 6) is 0.910. The summed E-state index contributed by atoms with van der Waals surface area (Å²) in [6.07, 6.45) is 0. The van der Waals surface area contributed by atoms with Gasteiger partial charge in [0.1, 0.15) is 13.8 Å². The van der Waals surface area contributed by atoms with Gasteiger partial charge in [0, 0.05) is 0 Å². The van der Waals surface area contributed by atoms with Gasteiger partial charge >= 0.3 is 0 Å². The van der Waals surface area contributed by atoms with Crippen LogP contribution in [0.4, 0.5) is 0 Å². The second kappa shape index (κ2) is 9.00. The molecule has 150 valence electrons. The molecule has 0 aromatic heterocycles. The third-order valence-electron chi connectivity index (χ3n) is 5.66. The SMILES string of the molecule is COc1ccc([Si](C)(C)c2ccccc2P(c2ccccc2)c2ccccc2)cc1. The highest BCUT2D eigenvalue weighted by molar-refractivity contribution is 7.80. The van der Waals surface area contributed by atoms with E-state index in [1.807, 2.05) is 0 Å². The van der Waals surface area contributed by atoms with Crippen molar-refractivity contribution in [2.75, 3.05) is 7.11 Å². The number of ether oxygens (including phenoxy) is 1. The van der Waals surface area contributed by atoms with Gasteiger partial charge in [-0.3, -0.25) is 0 Å². The van der Waals surface area contributed by atoms with Crippen LogP contribution in [0.3, 0.4) is 0 Å². The molecule has 0 spiro atoms. The van der Waals surface area contributed by atoms with Gasteiger partial charge in [-0.05, 0) is 41.2 Å². The molecular weight excluding hydrogens is 399 g/mol. The molecule has 0 aliphatic rings. The lowest BCUT2D eigenvalue weighted by Crippen LogP contribution is -2.58. The van der Waals surface area contributed by atoms with Gasteiger partial charge in [0.25, 0.3) is 0 Å². The first kappa shape index (κ1) is 20.6. The Morgan fingerprint density at radius 3 is 1.63 bits per heavy atom. The molecule has 3 heteroatoms. The van der Waals surface area contributed by atoms with E-state index in [0.717, 1.165) is 5.75 Å². The molecular formula is C27H27OPSi. The minimum atomic E-state index is -1.90. The lowest BCUT2D eigenvalue weighted by atomic mass is 10.3. The molecule has 0 atom stereocenters. The lowest BCUT2D eigenvalue weighted by molar-refractivity contribution is 0.415. The first-order valence-electron chi connectivity index (χ1n) is 10.3. The van der Waals surface area contributed by atoms with Crippen LogP contribution in [0.15, 0.2) is 109 Å². The van der Waals surface area contributed by atoms with Crippen molar-refractivity contribution in [3.05, 3.63) is 109 Å². The third-order valence-corrected chi connectivity index (χ3v) is 11.9. The Morgan fingerprint density at radius 2 is 1.10 bits per heavy atom. The molecule has 0 saturated heterocycles. The molecule has 0 unspecified atom stereocenters. The fourth-order valence-corrected chi connectivity index (χ4v) is 10.0. The van der Waals surface area contributed by atoms with Crippen LogP contribution in [0.5, 0.6) is 5.75 Å². The summed E-state index contributed by atoms with van der Waals surface area (Å²) >= 11 is 0. The maximum absolute atomic E-state index is 5.38. The second-order valence-electron chi connectivity index (χ2n) is 7.88. The number of hydrogen-bond acceptors (Lipinski definition) is 1. The average molecular weight is 427 g/mol. The largest absolute Gasteiger partial charge is 0.497 e. The van der Waals surface area contributed by atoms with E-state index in [1.54, 1.807) is 7.11 Å². The van der Waals surface area contributed by atoms with Gasteiger partial charge in [-0.2, -0.15) is 0 Å². The molecule has 0 fully saturated rings. The summed E-state index contributed by atoms with van der Waals surface area (Å²) in [6, 6.07) is 39.7. The molecule has 30 heavy (non-hydrogen) atoms. The standard InChI is InChI=1S/C27H27OPSi/c1-28-22-18-20-25(21-19-22)30(2,3)27-17-11-10-16-26(27)29(23-12-6-4-7-13-23)24-14-8-5-9-15-24/h4-21H,1-3H3. The maximum Gasteiger partial charge on any atom is 0.118 e. The molecule has 0 saturated carbocycles. The van der Waals surface area contributed by atoms with Crippen molar-refractivity contribution in [1.82, 2.24) is 0 Å². The van der Waals surface area contributed by atoms with Crippen LogP contribution in [-0.2, 0) is 0 Å². The monoisotopic (exact) mass is 426 g/mol. The number of methoxy groups -OCH3 is 1. The van der Waals surface area contributed by atoms with Gasteiger partial charge in [-0.15, -0.1) is 0 Å². The van der Waals surface area contributed by atoms with Crippen molar-refractivity contribution in [3.8, 4) is 5.75 Å².